The smallest absolute Gasteiger partial charge is 0.0257 e. The molecule has 0 amide bonds. The van der Waals surface area contributed by atoms with Crippen LogP contribution in [0.1, 0.15) is 67.2 Å². The maximum Gasteiger partial charge on any atom is -0.0257 e. The van der Waals surface area contributed by atoms with E-state index < -0.39 is 0 Å². The van der Waals surface area contributed by atoms with Gasteiger partial charge in [0.15, 0.2) is 0 Å². The lowest BCUT2D eigenvalue weighted by Crippen LogP contribution is -2.14. The molecule has 0 aromatic rings. The van der Waals surface area contributed by atoms with Gasteiger partial charge in [0.1, 0.15) is 0 Å². The first-order chi connectivity index (χ1) is 6.89. The van der Waals surface area contributed by atoms with Crippen molar-refractivity contribution in [1.82, 2.24) is 0 Å². The van der Waals surface area contributed by atoms with Crippen molar-refractivity contribution in [2.75, 3.05) is 0 Å². The maximum absolute atomic E-state index is 2.41. The van der Waals surface area contributed by atoms with Gasteiger partial charge in [0, 0.05) is 0 Å². The fourth-order valence-corrected chi connectivity index (χ4v) is 1.79. The molecule has 0 aliphatic carbocycles. The van der Waals surface area contributed by atoms with Gasteiger partial charge in [0.25, 0.3) is 0 Å². The minimum absolute atomic E-state index is 0.462. The van der Waals surface area contributed by atoms with Crippen molar-refractivity contribution >= 4 is 0 Å². The molecule has 0 N–H and O–H groups in total. The number of hydrogen-bond acceptors (Lipinski definition) is 0. The van der Waals surface area contributed by atoms with E-state index in [-0.39, 0.29) is 0 Å². The highest BCUT2D eigenvalue weighted by Crippen LogP contribution is 2.33. The standard InChI is InChI=1S/C15H28/c1-7-10-15(6,11-8-13(2)3)12-9-14(4)5/h8-9H,7,10-12H2,1-6H3. The molecule has 0 aliphatic rings. The summed E-state index contributed by atoms with van der Waals surface area (Å²) in [5.41, 5.74) is 3.34. The molecule has 0 spiro atoms. The summed E-state index contributed by atoms with van der Waals surface area (Å²) in [6.07, 6.45) is 9.80. The molecule has 0 heteroatoms. The molecule has 0 aliphatic heterocycles. The van der Waals surface area contributed by atoms with Gasteiger partial charge >= 0.3 is 0 Å². The minimum atomic E-state index is 0.462. The first-order valence-corrected chi connectivity index (χ1v) is 6.16. The molecule has 0 atom stereocenters. The van der Waals surface area contributed by atoms with Gasteiger partial charge in [0.05, 0.1) is 0 Å². The van der Waals surface area contributed by atoms with Crippen LogP contribution in [-0.2, 0) is 0 Å². The highest BCUT2D eigenvalue weighted by molar-refractivity contribution is 5.01. The van der Waals surface area contributed by atoms with Crippen LogP contribution < -0.4 is 0 Å². The van der Waals surface area contributed by atoms with Gasteiger partial charge in [-0.05, 0) is 52.4 Å². The summed E-state index contributed by atoms with van der Waals surface area (Å²) < 4.78 is 0. The molecule has 0 aromatic carbocycles. The largest absolute Gasteiger partial charge is 0.0853 e. The van der Waals surface area contributed by atoms with Crippen molar-refractivity contribution in [3.63, 3.8) is 0 Å². The number of hydrogen-bond donors (Lipinski definition) is 0. The first kappa shape index (κ1) is 14.5. The van der Waals surface area contributed by atoms with Crippen LogP contribution in [0, 0.1) is 5.41 Å². The molecule has 0 fully saturated rings. The predicted molar refractivity (Wildman–Crippen MR) is 71.1 cm³/mol. The Labute approximate surface area is 96.5 Å². The number of allylic oxidation sites excluding steroid dienone is 4. The van der Waals surface area contributed by atoms with Crippen molar-refractivity contribution in [3.8, 4) is 0 Å². The van der Waals surface area contributed by atoms with Gasteiger partial charge in [-0.15, -0.1) is 0 Å². The van der Waals surface area contributed by atoms with E-state index in [1.54, 1.807) is 0 Å². The van der Waals surface area contributed by atoms with Gasteiger partial charge in [-0.3, -0.25) is 0 Å². The summed E-state index contributed by atoms with van der Waals surface area (Å²) in [6, 6.07) is 0. The maximum atomic E-state index is 2.41. The summed E-state index contributed by atoms with van der Waals surface area (Å²) in [6.45, 7) is 13.4. The fourth-order valence-electron chi connectivity index (χ4n) is 1.79. The topological polar surface area (TPSA) is 0 Å². The van der Waals surface area contributed by atoms with E-state index in [1.807, 2.05) is 0 Å². The molecule has 15 heavy (non-hydrogen) atoms. The van der Waals surface area contributed by atoms with Crippen molar-refractivity contribution in [2.24, 2.45) is 5.41 Å². The van der Waals surface area contributed by atoms with Crippen LogP contribution in [0.4, 0.5) is 0 Å². The van der Waals surface area contributed by atoms with Crippen LogP contribution in [0.15, 0.2) is 23.3 Å². The monoisotopic (exact) mass is 208 g/mol. The third-order valence-electron chi connectivity index (χ3n) is 2.86. The van der Waals surface area contributed by atoms with E-state index in [1.165, 1.54) is 36.8 Å². The zero-order valence-electron chi connectivity index (χ0n) is 11.5. The number of rotatable bonds is 6. The third-order valence-corrected chi connectivity index (χ3v) is 2.86. The van der Waals surface area contributed by atoms with Crippen LogP contribution in [0.25, 0.3) is 0 Å². The van der Waals surface area contributed by atoms with E-state index in [2.05, 4.69) is 53.7 Å². The van der Waals surface area contributed by atoms with Crippen LogP contribution in [-0.4, -0.2) is 0 Å². The quantitative estimate of drug-likeness (QED) is 0.505. The second-order valence-electron chi connectivity index (χ2n) is 5.53. The summed E-state index contributed by atoms with van der Waals surface area (Å²) in [7, 11) is 0. The van der Waals surface area contributed by atoms with Gasteiger partial charge < -0.3 is 0 Å². The van der Waals surface area contributed by atoms with Crippen molar-refractivity contribution in [1.29, 1.82) is 0 Å². The third kappa shape index (κ3) is 7.41. The van der Waals surface area contributed by atoms with E-state index in [0.717, 1.165) is 0 Å². The molecule has 88 valence electrons. The summed E-state index contributed by atoms with van der Waals surface area (Å²) in [5.74, 6) is 0. The van der Waals surface area contributed by atoms with Crippen molar-refractivity contribution in [2.45, 2.75) is 67.2 Å². The van der Waals surface area contributed by atoms with Crippen molar-refractivity contribution < 1.29 is 0 Å². The lowest BCUT2D eigenvalue weighted by molar-refractivity contribution is 0.300. The minimum Gasteiger partial charge on any atom is -0.0853 e. The molecule has 0 saturated carbocycles. The Bertz CT molecular complexity index is 202. The van der Waals surface area contributed by atoms with E-state index in [4.69, 9.17) is 0 Å². The fraction of sp³-hybridized carbons (Fsp3) is 0.733. The van der Waals surface area contributed by atoms with Gasteiger partial charge in [0.2, 0.25) is 0 Å². The zero-order chi connectivity index (χ0) is 11.9. The normalized spacial score (nSPS) is 11.1. The second kappa shape index (κ2) is 6.87. The molecule has 0 nitrogen and oxygen atoms in total. The molecule has 0 radical (unpaired) electrons. The summed E-state index contributed by atoms with van der Waals surface area (Å²) in [4.78, 5) is 0. The Morgan fingerprint density at radius 2 is 1.33 bits per heavy atom. The van der Waals surface area contributed by atoms with Crippen molar-refractivity contribution in [3.05, 3.63) is 23.3 Å². The molecule has 0 rings (SSSR count). The summed E-state index contributed by atoms with van der Waals surface area (Å²) in [5, 5.41) is 0. The Morgan fingerprint density at radius 1 is 0.933 bits per heavy atom. The van der Waals surface area contributed by atoms with E-state index in [9.17, 15) is 0 Å². The predicted octanol–water partition coefficient (Wildman–Crippen LogP) is 5.51. The van der Waals surface area contributed by atoms with Crippen LogP contribution >= 0.6 is 0 Å². The summed E-state index contributed by atoms with van der Waals surface area (Å²) >= 11 is 0. The first-order valence-electron chi connectivity index (χ1n) is 6.16. The average molecular weight is 208 g/mol. The van der Waals surface area contributed by atoms with E-state index in [0.29, 0.717) is 5.41 Å². The van der Waals surface area contributed by atoms with Crippen LogP contribution in [0.2, 0.25) is 0 Å². The van der Waals surface area contributed by atoms with Gasteiger partial charge in [-0.1, -0.05) is 43.6 Å². The highest BCUT2D eigenvalue weighted by Gasteiger charge is 2.20. The molecular formula is C15H28. The molecule has 0 unspecified atom stereocenters. The molecular weight excluding hydrogens is 180 g/mol. The van der Waals surface area contributed by atoms with Gasteiger partial charge in [-0.25, -0.2) is 0 Å². The molecule has 0 heterocycles. The molecule has 0 aromatic heterocycles. The lowest BCUT2D eigenvalue weighted by atomic mass is 9.78. The SMILES string of the molecule is CCCC(C)(CC=C(C)C)CC=C(C)C. The zero-order valence-corrected chi connectivity index (χ0v) is 11.5. The molecule has 0 bridgehead atoms. The van der Waals surface area contributed by atoms with Crippen LogP contribution in [0.3, 0.4) is 0 Å². The Balaban J connectivity index is 4.44. The second-order valence-corrected chi connectivity index (χ2v) is 5.53. The Kier molecular flexibility index (Phi) is 6.63. The Morgan fingerprint density at radius 3 is 1.60 bits per heavy atom. The van der Waals surface area contributed by atoms with E-state index >= 15 is 0 Å². The van der Waals surface area contributed by atoms with Crippen LogP contribution in [0.5, 0.6) is 0 Å². The molecule has 0 saturated heterocycles. The highest BCUT2D eigenvalue weighted by atomic mass is 14.2. The lowest BCUT2D eigenvalue weighted by Gasteiger charge is -2.27. The van der Waals surface area contributed by atoms with Gasteiger partial charge in [-0.2, -0.15) is 0 Å². The average Bonchev–Trinajstić information content (AvgIpc) is 2.13. The Hall–Kier alpha value is -0.520.